The van der Waals surface area contributed by atoms with Gasteiger partial charge in [0.15, 0.2) is 0 Å². The maximum atomic E-state index is 13.2. The summed E-state index contributed by atoms with van der Waals surface area (Å²) in [5.74, 6) is -0.312. The number of amides is 2. The van der Waals surface area contributed by atoms with Gasteiger partial charge in [-0.15, -0.1) is 0 Å². The van der Waals surface area contributed by atoms with Crippen LogP contribution in [-0.4, -0.2) is 47.3 Å². The summed E-state index contributed by atoms with van der Waals surface area (Å²) in [5, 5.41) is 12.2. The molecule has 0 bridgehead atoms. The number of carbonyl (C=O) groups is 1. The zero-order valence-corrected chi connectivity index (χ0v) is 18.8. The number of aliphatic hydroxyl groups is 1. The number of anilines is 1. The molecule has 0 unspecified atom stereocenters. The van der Waals surface area contributed by atoms with Crippen LogP contribution in [0, 0.1) is 0 Å². The van der Waals surface area contributed by atoms with Gasteiger partial charge in [-0.25, -0.2) is 4.79 Å². The van der Waals surface area contributed by atoms with Crippen molar-refractivity contribution < 1.29 is 27.8 Å². The van der Waals surface area contributed by atoms with Gasteiger partial charge in [0.2, 0.25) is 0 Å². The molecule has 0 aliphatic carbocycles. The zero-order chi connectivity index (χ0) is 24.0. The van der Waals surface area contributed by atoms with Gasteiger partial charge in [-0.1, -0.05) is 24.6 Å². The van der Waals surface area contributed by atoms with Crippen molar-refractivity contribution in [1.82, 2.24) is 9.88 Å². The summed E-state index contributed by atoms with van der Waals surface area (Å²) in [7, 11) is 0. The monoisotopic (exact) mass is 483 g/mol. The van der Waals surface area contributed by atoms with E-state index in [1.807, 2.05) is 6.08 Å². The molecule has 1 aromatic heterocycles. The van der Waals surface area contributed by atoms with Crippen molar-refractivity contribution in [3.63, 3.8) is 0 Å². The number of aromatic nitrogens is 1. The Morgan fingerprint density at radius 3 is 2.73 bits per heavy atom. The normalized spacial score (nSPS) is 14.1. The Balaban J connectivity index is 1.68. The quantitative estimate of drug-likeness (QED) is 0.553. The van der Waals surface area contributed by atoms with E-state index >= 15 is 0 Å². The largest absolute Gasteiger partial charge is 0.493 e. The lowest BCUT2D eigenvalue weighted by Gasteiger charge is -2.27. The van der Waals surface area contributed by atoms with E-state index in [1.165, 1.54) is 12.1 Å². The summed E-state index contributed by atoms with van der Waals surface area (Å²) in [6.07, 6.45) is 0.517. The van der Waals surface area contributed by atoms with Crippen molar-refractivity contribution in [1.29, 1.82) is 0 Å². The van der Waals surface area contributed by atoms with E-state index in [-0.39, 0.29) is 24.7 Å². The van der Waals surface area contributed by atoms with E-state index in [4.69, 9.17) is 21.4 Å². The number of hydrogen-bond donors (Lipinski definition) is 2. The molecular formula is C23H25ClF3N3O3. The molecule has 0 spiro atoms. The Morgan fingerprint density at radius 1 is 1.33 bits per heavy atom. The molecule has 0 radical (unpaired) electrons. The lowest BCUT2D eigenvalue weighted by molar-refractivity contribution is -0.138. The molecule has 2 amide bonds. The Labute approximate surface area is 195 Å². The number of rotatable bonds is 7. The molecule has 10 heteroatoms. The average Bonchev–Trinajstić information content (AvgIpc) is 2.77. The Hall–Kier alpha value is -2.78. The van der Waals surface area contributed by atoms with Gasteiger partial charge in [0.1, 0.15) is 5.75 Å². The minimum atomic E-state index is -4.55. The Kier molecular flexibility index (Phi) is 8.20. The third-order valence-electron chi connectivity index (χ3n) is 5.10. The van der Waals surface area contributed by atoms with Crippen LogP contribution in [0.1, 0.15) is 36.6 Å². The molecule has 6 nitrogen and oxygen atoms in total. The predicted molar refractivity (Wildman–Crippen MR) is 120 cm³/mol. The molecule has 0 atom stereocenters. The Morgan fingerprint density at radius 2 is 2.12 bits per heavy atom. The van der Waals surface area contributed by atoms with Crippen molar-refractivity contribution in [3.8, 4) is 5.75 Å². The molecule has 2 aromatic rings. The smallest absolute Gasteiger partial charge is 0.419 e. The highest BCUT2D eigenvalue weighted by Gasteiger charge is 2.34. The number of pyridine rings is 1. The van der Waals surface area contributed by atoms with Crippen LogP contribution in [0.5, 0.6) is 5.75 Å². The van der Waals surface area contributed by atoms with E-state index in [1.54, 1.807) is 24.1 Å². The molecule has 3 rings (SSSR count). The first-order valence-corrected chi connectivity index (χ1v) is 11.0. The zero-order valence-electron chi connectivity index (χ0n) is 18.1. The van der Waals surface area contributed by atoms with Crippen molar-refractivity contribution in [2.75, 3.05) is 31.6 Å². The topological polar surface area (TPSA) is 74.7 Å². The van der Waals surface area contributed by atoms with E-state index < -0.39 is 17.8 Å². The number of nitrogens with zero attached hydrogens (tertiary/aromatic N) is 2. The third kappa shape index (κ3) is 6.39. The second-order valence-corrected chi connectivity index (χ2v) is 7.97. The number of alkyl halides is 3. The van der Waals surface area contributed by atoms with Gasteiger partial charge < -0.3 is 20.1 Å². The maximum Gasteiger partial charge on any atom is 0.419 e. The van der Waals surface area contributed by atoms with Crippen molar-refractivity contribution in [3.05, 3.63) is 58.4 Å². The van der Waals surface area contributed by atoms with Gasteiger partial charge >= 0.3 is 12.2 Å². The lowest BCUT2D eigenvalue weighted by atomic mass is 10.0. The highest BCUT2D eigenvalue weighted by Crippen LogP contribution is 2.38. The third-order valence-corrected chi connectivity index (χ3v) is 5.39. The number of aliphatic hydroxyl groups excluding tert-OH is 1. The van der Waals surface area contributed by atoms with Crippen LogP contribution in [0.2, 0.25) is 5.02 Å². The second-order valence-electron chi connectivity index (χ2n) is 7.56. The molecular weight excluding hydrogens is 459 g/mol. The van der Waals surface area contributed by atoms with Gasteiger partial charge in [-0.2, -0.15) is 13.2 Å². The van der Waals surface area contributed by atoms with E-state index in [9.17, 15) is 18.0 Å². The molecule has 33 heavy (non-hydrogen) atoms. The van der Waals surface area contributed by atoms with Gasteiger partial charge in [-0.3, -0.25) is 4.98 Å². The van der Waals surface area contributed by atoms with Crippen LogP contribution in [0.4, 0.5) is 23.7 Å². The average molecular weight is 484 g/mol. The van der Waals surface area contributed by atoms with Crippen LogP contribution in [0.15, 0.2) is 36.5 Å². The molecule has 2 heterocycles. The maximum absolute atomic E-state index is 13.2. The van der Waals surface area contributed by atoms with Crippen LogP contribution in [0.3, 0.4) is 0 Å². The van der Waals surface area contributed by atoms with Crippen molar-refractivity contribution in [2.24, 2.45) is 0 Å². The van der Waals surface area contributed by atoms with Gasteiger partial charge in [0.05, 0.1) is 22.9 Å². The van der Waals surface area contributed by atoms with Crippen LogP contribution in [0.25, 0.3) is 5.57 Å². The van der Waals surface area contributed by atoms with Gasteiger partial charge in [-0.05, 0) is 48.6 Å². The first-order chi connectivity index (χ1) is 15.7. The molecule has 0 saturated heterocycles. The lowest BCUT2D eigenvalue weighted by Crippen LogP contribution is -2.38. The van der Waals surface area contributed by atoms with E-state index in [0.29, 0.717) is 43.1 Å². The molecule has 0 fully saturated rings. The molecule has 2 N–H and O–H groups in total. The highest BCUT2D eigenvalue weighted by molar-refractivity contribution is 6.32. The van der Waals surface area contributed by atoms with Crippen molar-refractivity contribution in [2.45, 2.75) is 32.4 Å². The first kappa shape index (κ1) is 24.9. The number of urea groups is 1. The molecule has 1 aromatic carbocycles. The molecule has 178 valence electrons. The number of benzene rings is 1. The summed E-state index contributed by atoms with van der Waals surface area (Å²) < 4.78 is 44.9. The summed E-state index contributed by atoms with van der Waals surface area (Å²) in [4.78, 5) is 18.6. The van der Waals surface area contributed by atoms with Crippen molar-refractivity contribution >= 4 is 28.9 Å². The summed E-state index contributed by atoms with van der Waals surface area (Å²) in [5.41, 5.74) is 1.72. The highest BCUT2D eigenvalue weighted by atomic mass is 35.5. The first-order valence-electron chi connectivity index (χ1n) is 10.6. The Bertz CT molecular complexity index is 1030. The summed E-state index contributed by atoms with van der Waals surface area (Å²) in [6.45, 7) is 2.64. The molecule has 0 saturated carbocycles. The second kappa shape index (κ2) is 10.9. The molecule has 1 aliphatic heterocycles. The number of halogens is 4. The minimum Gasteiger partial charge on any atom is -0.493 e. The van der Waals surface area contributed by atoms with Crippen LogP contribution >= 0.6 is 11.6 Å². The summed E-state index contributed by atoms with van der Waals surface area (Å²) >= 11 is 6.33. The standard InChI is InChI=1S/C23H25ClF3N3O3/c1-2-11-33-20-13-17(3-4-18(20)23(25,26)27)29-22(32)30-8-5-16(6-9-30)21-19(24)12-15(7-10-31)14-28-21/h3-5,12-14,31H,2,6-11H2,1H3,(H,29,32). The summed E-state index contributed by atoms with van der Waals surface area (Å²) in [6, 6.07) is 4.65. The van der Waals surface area contributed by atoms with E-state index in [0.717, 1.165) is 17.2 Å². The van der Waals surface area contributed by atoms with E-state index in [2.05, 4.69) is 10.3 Å². The minimum absolute atomic E-state index is 0.00920. The number of ether oxygens (including phenoxy) is 1. The number of nitrogens with one attached hydrogen (secondary N) is 1. The van der Waals surface area contributed by atoms with Gasteiger partial charge in [0, 0.05) is 37.6 Å². The predicted octanol–water partition coefficient (Wildman–Crippen LogP) is 5.40. The fourth-order valence-corrected chi connectivity index (χ4v) is 3.73. The van der Waals surface area contributed by atoms with Crippen LogP contribution in [-0.2, 0) is 12.6 Å². The number of carbonyl (C=O) groups excluding carboxylic acids is 1. The molecule has 1 aliphatic rings. The van der Waals surface area contributed by atoms with Crippen LogP contribution < -0.4 is 10.1 Å². The fourth-order valence-electron chi connectivity index (χ4n) is 3.42. The SMILES string of the molecule is CCCOc1cc(NC(=O)N2CC=C(c3ncc(CCO)cc3Cl)CC2)ccc1C(F)(F)F. The van der Waals surface area contributed by atoms with Gasteiger partial charge in [0.25, 0.3) is 0 Å². The number of hydrogen-bond acceptors (Lipinski definition) is 4. The fraction of sp³-hybridized carbons (Fsp3) is 0.391.